The first-order valence-electron chi connectivity index (χ1n) is 9.56. The first-order valence-corrected chi connectivity index (χ1v) is 11.4. The highest BCUT2D eigenvalue weighted by atomic mass is 35.5. The lowest BCUT2D eigenvalue weighted by atomic mass is 10.1. The quantitative estimate of drug-likeness (QED) is 0.681. The summed E-state index contributed by atoms with van der Waals surface area (Å²) in [6.45, 7) is 3.67. The van der Waals surface area contributed by atoms with Crippen molar-refractivity contribution in [3.8, 4) is 5.75 Å². The second-order valence-electron chi connectivity index (χ2n) is 7.41. The van der Waals surface area contributed by atoms with Gasteiger partial charge in [0, 0.05) is 11.7 Å². The number of anilines is 1. The summed E-state index contributed by atoms with van der Waals surface area (Å²) in [7, 11) is -3.63. The summed E-state index contributed by atoms with van der Waals surface area (Å²) in [6, 6.07) is 9.97. The minimum Gasteiger partial charge on any atom is -0.482 e. The van der Waals surface area contributed by atoms with Gasteiger partial charge >= 0.3 is 0 Å². The van der Waals surface area contributed by atoms with Crippen LogP contribution in [0.2, 0.25) is 5.02 Å². The molecule has 0 radical (unpaired) electrons. The van der Waals surface area contributed by atoms with E-state index in [4.69, 9.17) is 16.3 Å². The molecule has 0 bridgehead atoms. The lowest BCUT2D eigenvalue weighted by Crippen LogP contribution is -2.32. The van der Waals surface area contributed by atoms with Gasteiger partial charge in [0.25, 0.3) is 5.91 Å². The molecule has 0 spiro atoms. The summed E-state index contributed by atoms with van der Waals surface area (Å²) < 4.78 is 33.2. The van der Waals surface area contributed by atoms with E-state index in [0.717, 1.165) is 36.8 Å². The Labute approximate surface area is 176 Å². The molecule has 2 aromatic carbocycles. The van der Waals surface area contributed by atoms with Crippen LogP contribution in [0.5, 0.6) is 5.75 Å². The molecule has 0 aromatic heterocycles. The van der Waals surface area contributed by atoms with Gasteiger partial charge in [-0.05, 0) is 68.1 Å². The average Bonchev–Trinajstić information content (AvgIpc) is 3.12. The molecule has 1 amide bonds. The molecule has 3 rings (SSSR count). The van der Waals surface area contributed by atoms with Crippen LogP contribution < -0.4 is 14.8 Å². The minimum absolute atomic E-state index is 0.0244. The molecule has 29 heavy (non-hydrogen) atoms. The van der Waals surface area contributed by atoms with Crippen LogP contribution >= 0.6 is 11.6 Å². The van der Waals surface area contributed by atoms with E-state index >= 15 is 0 Å². The Bertz CT molecular complexity index is 981. The monoisotopic (exact) mass is 436 g/mol. The van der Waals surface area contributed by atoms with Gasteiger partial charge in [-0.1, -0.05) is 30.5 Å². The number of carbonyl (C=O) groups excluding carboxylic acids is 1. The van der Waals surface area contributed by atoms with Crippen molar-refractivity contribution >= 4 is 33.2 Å². The fourth-order valence-corrected chi connectivity index (χ4v) is 5.11. The summed E-state index contributed by atoms with van der Waals surface area (Å²) in [6.07, 6.45) is 3.77. The van der Waals surface area contributed by atoms with Crippen molar-refractivity contribution in [3.63, 3.8) is 0 Å². The number of benzene rings is 2. The van der Waals surface area contributed by atoms with Crippen LogP contribution in [-0.4, -0.2) is 27.0 Å². The first kappa shape index (κ1) is 21.6. The Morgan fingerprint density at radius 3 is 2.38 bits per heavy atom. The van der Waals surface area contributed by atoms with Crippen molar-refractivity contribution in [1.29, 1.82) is 0 Å². The van der Waals surface area contributed by atoms with Gasteiger partial charge in [0.05, 0.1) is 9.92 Å². The standard InChI is InChI=1S/C21H25ClN2O4S/c1-14-9-15(2)11-17(10-14)23-21(25)13-28-20-8-7-18(12-19(20)22)29(26,27)24-16-5-3-4-6-16/h7-12,16,24H,3-6,13H2,1-2H3,(H,23,25). The third-order valence-corrected chi connectivity index (χ3v) is 6.57. The number of hydrogen-bond donors (Lipinski definition) is 2. The normalized spacial score (nSPS) is 14.7. The minimum atomic E-state index is -3.63. The third kappa shape index (κ3) is 5.95. The van der Waals surface area contributed by atoms with Crippen molar-refractivity contribution in [2.24, 2.45) is 0 Å². The Hall–Kier alpha value is -2.09. The van der Waals surface area contributed by atoms with Crippen molar-refractivity contribution in [1.82, 2.24) is 4.72 Å². The molecule has 0 saturated heterocycles. The van der Waals surface area contributed by atoms with Crippen LogP contribution in [0.1, 0.15) is 36.8 Å². The molecule has 1 fully saturated rings. The SMILES string of the molecule is Cc1cc(C)cc(NC(=O)COc2ccc(S(=O)(=O)NC3CCCC3)cc2Cl)c1. The van der Waals surface area contributed by atoms with Crippen LogP contribution in [0.15, 0.2) is 41.3 Å². The van der Waals surface area contributed by atoms with Crippen molar-refractivity contribution in [2.45, 2.75) is 50.5 Å². The number of nitrogens with one attached hydrogen (secondary N) is 2. The molecule has 8 heteroatoms. The number of rotatable bonds is 7. The zero-order valence-electron chi connectivity index (χ0n) is 16.5. The van der Waals surface area contributed by atoms with E-state index in [1.807, 2.05) is 32.0 Å². The zero-order valence-corrected chi connectivity index (χ0v) is 18.1. The highest BCUT2D eigenvalue weighted by Crippen LogP contribution is 2.28. The largest absolute Gasteiger partial charge is 0.482 e. The van der Waals surface area contributed by atoms with E-state index in [1.54, 1.807) is 0 Å². The maximum atomic E-state index is 12.5. The maximum Gasteiger partial charge on any atom is 0.262 e. The van der Waals surface area contributed by atoms with Gasteiger partial charge in [-0.2, -0.15) is 0 Å². The van der Waals surface area contributed by atoms with Crippen molar-refractivity contribution < 1.29 is 17.9 Å². The Kier molecular flexibility index (Phi) is 6.82. The molecule has 0 aliphatic heterocycles. The zero-order chi connectivity index (χ0) is 21.0. The molecule has 156 valence electrons. The number of hydrogen-bond acceptors (Lipinski definition) is 4. The summed E-state index contributed by atoms with van der Waals surface area (Å²) in [5.74, 6) is -0.0762. The fraction of sp³-hybridized carbons (Fsp3) is 0.381. The first-order chi connectivity index (χ1) is 13.7. The lowest BCUT2D eigenvalue weighted by molar-refractivity contribution is -0.118. The Morgan fingerprint density at radius 1 is 1.10 bits per heavy atom. The van der Waals surface area contributed by atoms with Gasteiger partial charge in [-0.25, -0.2) is 13.1 Å². The smallest absolute Gasteiger partial charge is 0.262 e. The summed E-state index contributed by atoms with van der Waals surface area (Å²) in [4.78, 5) is 12.2. The van der Waals surface area contributed by atoms with Gasteiger partial charge in [-0.15, -0.1) is 0 Å². The van der Waals surface area contributed by atoms with Crippen LogP contribution in [-0.2, 0) is 14.8 Å². The van der Waals surface area contributed by atoms with Crippen LogP contribution in [0, 0.1) is 13.8 Å². The van der Waals surface area contributed by atoms with Gasteiger partial charge in [0.15, 0.2) is 6.61 Å². The molecule has 2 N–H and O–H groups in total. The van der Waals surface area contributed by atoms with Gasteiger partial charge in [0.2, 0.25) is 10.0 Å². The number of amides is 1. The van der Waals surface area contributed by atoms with E-state index in [1.165, 1.54) is 18.2 Å². The second-order valence-corrected chi connectivity index (χ2v) is 9.53. The molecule has 6 nitrogen and oxygen atoms in total. The van der Waals surface area contributed by atoms with E-state index in [-0.39, 0.29) is 34.2 Å². The maximum absolute atomic E-state index is 12.5. The van der Waals surface area contributed by atoms with Gasteiger partial charge in [-0.3, -0.25) is 4.79 Å². The highest BCUT2D eigenvalue weighted by Gasteiger charge is 2.23. The number of sulfonamides is 1. The molecule has 0 unspecified atom stereocenters. The third-order valence-electron chi connectivity index (χ3n) is 4.75. The Morgan fingerprint density at radius 2 is 1.76 bits per heavy atom. The number of ether oxygens (including phenoxy) is 1. The molecule has 2 aromatic rings. The molecular weight excluding hydrogens is 412 g/mol. The predicted molar refractivity (Wildman–Crippen MR) is 114 cm³/mol. The van der Waals surface area contributed by atoms with Crippen LogP contribution in [0.4, 0.5) is 5.69 Å². The van der Waals surface area contributed by atoms with E-state index in [2.05, 4.69) is 10.0 Å². The van der Waals surface area contributed by atoms with Crippen molar-refractivity contribution in [3.05, 3.63) is 52.5 Å². The Balaban J connectivity index is 1.60. The van der Waals surface area contributed by atoms with E-state index in [0.29, 0.717) is 5.69 Å². The highest BCUT2D eigenvalue weighted by molar-refractivity contribution is 7.89. The van der Waals surface area contributed by atoms with Crippen molar-refractivity contribution in [2.75, 3.05) is 11.9 Å². The lowest BCUT2D eigenvalue weighted by Gasteiger charge is -2.14. The number of aryl methyl sites for hydroxylation is 2. The van der Waals surface area contributed by atoms with Gasteiger partial charge < -0.3 is 10.1 Å². The molecule has 0 atom stereocenters. The molecular formula is C21H25ClN2O4S. The molecule has 0 heterocycles. The van der Waals surface area contributed by atoms with Crippen LogP contribution in [0.25, 0.3) is 0 Å². The summed E-state index contributed by atoms with van der Waals surface area (Å²) in [5.41, 5.74) is 2.79. The molecule has 1 aliphatic carbocycles. The van der Waals surface area contributed by atoms with Gasteiger partial charge in [0.1, 0.15) is 5.75 Å². The average molecular weight is 437 g/mol. The second kappa shape index (κ2) is 9.15. The van der Waals surface area contributed by atoms with E-state index < -0.39 is 10.0 Å². The number of halogens is 1. The summed E-state index contributed by atoms with van der Waals surface area (Å²) in [5, 5.41) is 2.91. The van der Waals surface area contributed by atoms with Crippen LogP contribution in [0.3, 0.4) is 0 Å². The molecule has 1 saturated carbocycles. The molecule has 1 aliphatic rings. The fourth-order valence-electron chi connectivity index (χ4n) is 3.48. The van der Waals surface area contributed by atoms with E-state index in [9.17, 15) is 13.2 Å². The predicted octanol–water partition coefficient (Wildman–Crippen LogP) is 4.20. The summed E-state index contributed by atoms with van der Waals surface area (Å²) >= 11 is 6.19. The topological polar surface area (TPSA) is 84.5 Å². The number of carbonyl (C=O) groups is 1.